The van der Waals surface area contributed by atoms with Crippen LogP contribution in [0.4, 0.5) is 0 Å². The van der Waals surface area contributed by atoms with Crippen molar-refractivity contribution in [2.24, 2.45) is 0 Å². The molecule has 0 atom stereocenters. The highest BCUT2D eigenvalue weighted by Crippen LogP contribution is 2.47. The van der Waals surface area contributed by atoms with Gasteiger partial charge in [-0.05, 0) is 69.1 Å². The molecule has 8 aromatic carbocycles. The molecule has 11 aromatic rings. The van der Waals surface area contributed by atoms with Gasteiger partial charge >= 0.3 is 0 Å². The van der Waals surface area contributed by atoms with E-state index in [4.69, 9.17) is 14.4 Å². The first kappa shape index (κ1) is 25.6. The zero-order valence-electron chi connectivity index (χ0n) is 25.7. The summed E-state index contributed by atoms with van der Waals surface area (Å²) in [6.45, 7) is 0. The van der Waals surface area contributed by atoms with Crippen LogP contribution in [0.15, 0.2) is 156 Å². The Balaban J connectivity index is 1.31. The summed E-state index contributed by atoms with van der Waals surface area (Å²) < 4.78 is 8.89. The van der Waals surface area contributed by atoms with Crippen molar-refractivity contribution in [2.75, 3.05) is 0 Å². The number of fused-ring (bicyclic) bond motifs is 4. The van der Waals surface area contributed by atoms with Crippen LogP contribution in [-0.4, -0.2) is 14.5 Å². The third kappa shape index (κ3) is 3.43. The molecule has 0 saturated heterocycles. The molecular formula is C44H25N3O. The smallest absolute Gasteiger partial charge is 0.165 e. The van der Waals surface area contributed by atoms with Crippen LogP contribution in [0.25, 0.3) is 105 Å². The van der Waals surface area contributed by atoms with E-state index in [9.17, 15) is 0 Å². The molecule has 222 valence electrons. The Morgan fingerprint density at radius 1 is 0.375 bits per heavy atom. The summed E-state index contributed by atoms with van der Waals surface area (Å²) in [5, 5.41) is 9.48. The quantitative estimate of drug-likeness (QED) is 0.200. The van der Waals surface area contributed by atoms with Gasteiger partial charge in [0, 0.05) is 27.1 Å². The zero-order chi connectivity index (χ0) is 31.3. The molecule has 0 aliphatic carbocycles. The van der Waals surface area contributed by atoms with Crippen LogP contribution >= 0.6 is 0 Å². The van der Waals surface area contributed by atoms with Gasteiger partial charge in [-0.3, -0.25) is 4.57 Å². The van der Waals surface area contributed by atoms with Gasteiger partial charge in [-0.15, -0.1) is 0 Å². The monoisotopic (exact) mass is 611 g/mol. The second-order valence-electron chi connectivity index (χ2n) is 12.5. The fourth-order valence-corrected chi connectivity index (χ4v) is 7.88. The lowest BCUT2D eigenvalue weighted by Gasteiger charge is -2.14. The van der Waals surface area contributed by atoms with Gasteiger partial charge in [0.1, 0.15) is 16.9 Å². The Hall–Kier alpha value is -6.52. The van der Waals surface area contributed by atoms with Crippen LogP contribution in [0.2, 0.25) is 0 Å². The summed E-state index contributed by atoms with van der Waals surface area (Å²) in [7, 11) is 0. The fourth-order valence-electron chi connectivity index (χ4n) is 7.88. The van der Waals surface area contributed by atoms with Crippen molar-refractivity contribution in [2.45, 2.75) is 0 Å². The number of nitrogens with zero attached hydrogens (tertiary/aromatic N) is 3. The highest BCUT2D eigenvalue weighted by Gasteiger charge is 2.25. The lowest BCUT2D eigenvalue weighted by atomic mass is 9.95. The molecule has 4 heteroatoms. The van der Waals surface area contributed by atoms with Gasteiger partial charge in [0.25, 0.3) is 0 Å². The maximum atomic E-state index is 6.57. The summed E-state index contributed by atoms with van der Waals surface area (Å²) in [6, 6.07) is 53.4. The van der Waals surface area contributed by atoms with Crippen LogP contribution in [0.1, 0.15) is 0 Å². The van der Waals surface area contributed by atoms with E-state index in [0.717, 1.165) is 61.1 Å². The number of furan rings is 1. The van der Waals surface area contributed by atoms with E-state index < -0.39 is 0 Å². The molecule has 4 nitrogen and oxygen atoms in total. The van der Waals surface area contributed by atoms with Gasteiger partial charge < -0.3 is 4.42 Å². The maximum Gasteiger partial charge on any atom is 0.165 e. The Labute approximate surface area is 274 Å². The molecule has 0 spiro atoms. The normalized spacial score (nSPS) is 12.2. The van der Waals surface area contributed by atoms with E-state index in [-0.39, 0.29) is 0 Å². The second kappa shape index (κ2) is 9.50. The van der Waals surface area contributed by atoms with E-state index >= 15 is 0 Å². The van der Waals surface area contributed by atoms with Crippen LogP contribution in [0, 0.1) is 0 Å². The van der Waals surface area contributed by atoms with Crippen molar-refractivity contribution in [3.05, 3.63) is 152 Å². The van der Waals surface area contributed by atoms with Crippen LogP contribution in [0.5, 0.6) is 0 Å². The number of hydrogen-bond acceptors (Lipinski definition) is 3. The van der Waals surface area contributed by atoms with E-state index in [1.807, 2.05) is 30.3 Å². The summed E-state index contributed by atoms with van der Waals surface area (Å²) in [5.41, 5.74) is 9.88. The van der Waals surface area contributed by atoms with E-state index in [1.54, 1.807) is 0 Å². The molecule has 0 amide bonds. The second-order valence-corrected chi connectivity index (χ2v) is 12.5. The number of para-hydroxylation sites is 2. The van der Waals surface area contributed by atoms with Crippen molar-refractivity contribution >= 4 is 76.3 Å². The van der Waals surface area contributed by atoms with Gasteiger partial charge in [0.05, 0.1) is 22.1 Å². The molecule has 0 unspecified atom stereocenters. The van der Waals surface area contributed by atoms with E-state index in [1.165, 1.54) is 43.4 Å². The molecule has 3 aromatic heterocycles. The molecule has 0 N–H and O–H groups in total. The molecule has 3 heterocycles. The standard InChI is InChI=1S/C44H25N3O/c1-2-10-26(11-3-1)27-20-22-28(23-21-27)43-44(46-34-17-7-6-16-33(34)45-43)47-35-18-8-14-31-29-12-4-5-13-30(29)32-15-9-19-37-40(32)42-38(48-37)25-24-36(47)41(42)39(31)35/h1-25H. The average Bonchev–Trinajstić information content (AvgIpc) is 3.70. The molecule has 0 saturated carbocycles. The highest BCUT2D eigenvalue weighted by molar-refractivity contribution is 6.38. The molecule has 48 heavy (non-hydrogen) atoms. The summed E-state index contributed by atoms with van der Waals surface area (Å²) in [4.78, 5) is 10.7. The van der Waals surface area contributed by atoms with Gasteiger partial charge in [-0.2, -0.15) is 0 Å². The number of aromatic nitrogens is 3. The molecule has 0 aliphatic heterocycles. The Kier molecular flexibility index (Phi) is 5.08. The van der Waals surface area contributed by atoms with Crippen molar-refractivity contribution in [1.29, 1.82) is 0 Å². The summed E-state index contributed by atoms with van der Waals surface area (Å²) in [5.74, 6) is 0.804. The topological polar surface area (TPSA) is 43.9 Å². The first-order chi connectivity index (χ1) is 23.8. The molecular weight excluding hydrogens is 587 g/mol. The minimum absolute atomic E-state index is 0.804. The Bertz CT molecular complexity index is 3040. The molecule has 0 fully saturated rings. The molecule has 0 radical (unpaired) electrons. The van der Waals surface area contributed by atoms with Crippen LogP contribution in [0.3, 0.4) is 0 Å². The van der Waals surface area contributed by atoms with Crippen molar-refractivity contribution in [3.63, 3.8) is 0 Å². The van der Waals surface area contributed by atoms with Gasteiger partial charge in [-0.1, -0.05) is 115 Å². The lowest BCUT2D eigenvalue weighted by Crippen LogP contribution is -2.03. The number of benzene rings is 7. The van der Waals surface area contributed by atoms with Crippen LogP contribution < -0.4 is 0 Å². The fraction of sp³-hybridized carbons (Fsp3) is 0. The van der Waals surface area contributed by atoms with Crippen molar-refractivity contribution in [3.8, 4) is 28.2 Å². The zero-order valence-corrected chi connectivity index (χ0v) is 25.7. The SMILES string of the molecule is c1ccc(-c2ccc(-c3nc4ccccc4nc3-n3c4cccc5c6ccccc6c6cccc7oc8ccc3c(c8c76)c54)cc2)cc1. The Morgan fingerprint density at radius 2 is 0.958 bits per heavy atom. The molecule has 0 aliphatic rings. The van der Waals surface area contributed by atoms with Gasteiger partial charge in [0.2, 0.25) is 0 Å². The largest absolute Gasteiger partial charge is 0.456 e. The van der Waals surface area contributed by atoms with Gasteiger partial charge in [0.15, 0.2) is 5.82 Å². The van der Waals surface area contributed by atoms with E-state index in [2.05, 4.69) is 126 Å². The van der Waals surface area contributed by atoms with Gasteiger partial charge in [-0.25, -0.2) is 9.97 Å². The summed E-state index contributed by atoms with van der Waals surface area (Å²) >= 11 is 0. The van der Waals surface area contributed by atoms with Crippen LogP contribution in [-0.2, 0) is 0 Å². The molecule has 11 rings (SSSR count). The lowest BCUT2D eigenvalue weighted by molar-refractivity contribution is 0.669. The first-order valence-corrected chi connectivity index (χ1v) is 16.3. The third-order valence-electron chi connectivity index (χ3n) is 9.95. The predicted octanol–water partition coefficient (Wildman–Crippen LogP) is 11.7. The Morgan fingerprint density at radius 3 is 1.75 bits per heavy atom. The maximum absolute atomic E-state index is 6.57. The predicted molar refractivity (Wildman–Crippen MR) is 198 cm³/mol. The third-order valence-corrected chi connectivity index (χ3v) is 9.95. The minimum atomic E-state index is 0.804. The minimum Gasteiger partial charge on any atom is -0.456 e. The summed E-state index contributed by atoms with van der Waals surface area (Å²) in [6.07, 6.45) is 0. The van der Waals surface area contributed by atoms with Crippen molar-refractivity contribution < 1.29 is 4.42 Å². The first-order valence-electron chi connectivity index (χ1n) is 16.3. The highest BCUT2D eigenvalue weighted by atomic mass is 16.3. The number of hydrogen-bond donors (Lipinski definition) is 0. The average molecular weight is 612 g/mol. The van der Waals surface area contributed by atoms with E-state index in [0.29, 0.717) is 0 Å². The molecule has 0 bridgehead atoms. The van der Waals surface area contributed by atoms with Crippen molar-refractivity contribution in [1.82, 2.24) is 14.5 Å². The number of rotatable bonds is 3.